The van der Waals surface area contributed by atoms with E-state index in [-0.39, 0.29) is 18.7 Å². The minimum atomic E-state index is -0.141. The van der Waals surface area contributed by atoms with Crippen LogP contribution in [0, 0.1) is 0 Å². The van der Waals surface area contributed by atoms with Gasteiger partial charge < -0.3 is 19.5 Å². The molecule has 22 heavy (non-hydrogen) atoms. The van der Waals surface area contributed by atoms with Crippen LogP contribution >= 0.6 is 11.6 Å². The lowest BCUT2D eigenvalue weighted by atomic mass is 10.0. The normalized spacial score (nSPS) is 36.9. The quantitative estimate of drug-likeness (QED) is 0.923. The number of halogens is 1. The molecule has 3 atom stereocenters. The standard InChI is InChI=1S/C17H22ClNO3/c1-10-20-17(21-10)7-11-2-5-16(15(18)6-11)22-14-8-12-3-4-13(9-14)19-12/h2,5-6,10,12-14,17,19H,3-4,7-9H2,1H3/t10?,12-,13+,14+,17?. The summed E-state index contributed by atoms with van der Waals surface area (Å²) < 4.78 is 17.1. The highest BCUT2D eigenvalue weighted by Gasteiger charge is 2.34. The lowest BCUT2D eigenvalue weighted by Crippen LogP contribution is -2.42. The highest BCUT2D eigenvalue weighted by molar-refractivity contribution is 6.32. The fraction of sp³-hybridized carbons (Fsp3) is 0.647. The van der Waals surface area contributed by atoms with Gasteiger partial charge >= 0.3 is 0 Å². The van der Waals surface area contributed by atoms with Crippen LogP contribution in [-0.2, 0) is 15.9 Å². The van der Waals surface area contributed by atoms with Crippen molar-refractivity contribution < 1.29 is 14.2 Å². The summed E-state index contributed by atoms with van der Waals surface area (Å²) in [4.78, 5) is 0. The van der Waals surface area contributed by atoms with Gasteiger partial charge in [-0.25, -0.2) is 0 Å². The zero-order valence-electron chi connectivity index (χ0n) is 12.8. The van der Waals surface area contributed by atoms with Gasteiger partial charge in [0.15, 0.2) is 12.6 Å². The number of hydrogen-bond donors (Lipinski definition) is 1. The second-order valence-corrected chi connectivity index (χ2v) is 6.99. The minimum Gasteiger partial charge on any atom is -0.489 e. The Morgan fingerprint density at radius 1 is 1.23 bits per heavy atom. The molecule has 2 bridgehead atoms. The molecule has 3 saturated heterocycles. The Balaban J connectivity index is 1.37. The van der Waals surface area contributed by atoms with Crippen molar-refractivity contribution in [3.8, 4) is 5.75 Å². The molecule has 120 valence electrons. The highest BCUT2D eigenvalue weighted by Crippen LogP contribution is 2.33. The van der Waals surface area contributed by atoms with Crippen molar-refractivity contribution in [1.82, 2.24) is 5.32 Å². The average Bonchev–Trinajstić information content (AvgIpc) is 2.79. The summed E-state index contributed by atoms with van der Waals surface area (Å²) in [5.41, 5.74) is 1.11. The summed E-state index contributed by atoms with van der Waals surface area (Å²) in [6.45, 7) is 1.90. The van der Waals surface area contributed by atoms with Crippen LogP contribution < -0.4 is 10.1 Å². The Morgan fingerprint density at radius 3 is 2.59 bits per heavy atom. The molecule has 4 nitrogen and oxygen atoms in total. The third-order valence-electron chi connectivity index (χ3n) is 4.81. The number of benzene rings is 1. The lowest BCUT2D eigenvalue weighted by Gasteiger charge is -2.33. The van der Waals surface area contributed by atoms with E-state index in [1.54, 1.807) is 0 Å². The summed E-state index contributed by atoms with van der Waals surface area (Å²) in [6, 6.07) is 7.23. The molecule has 0 aromatic heterocycles. The van der Waals surface area contributed by atoms with Gasteiger partial charge in [0.05, 0.1) is 5.02 Å². The second-order valence-electron chi connectivity index (χ2n) is 6.59. The van der Waals surface area contributed by atoms with Gasteiger partial charge in [0.1, 0.15) is 11.9 Å². The van der Waals surface area contributed by atoms with Crippen molar-refractivity contribution in [1.29, 1.82) is 0 Å². The first-order chi connectivity index (χ1) is 10.7. The average molecular weight is 324 g/mol. The summed E-state index contributed by atoms with van der Waals surface area (Å²) in [5.74, 6) is 0.792. The molecular formula is C17H22ClNO3. The van der Waals surface area contributed by atoms with Crippen molar-refractivity contribution in [2.45, 2.75) is 69.8 Å². The largest absolute Gasteiger partial charge is 0.489 e. The first-order valence-corrected chi connectivity index (χ1v) is 8.55. The molecule has 1 aromatic carbocycles. The molecule has 1 N–H and O–H groups in total. The van der Waals surface area contributed by atoms with E-state index < -0.39 is 0 Å². The van der Waals surface area contributed by atoms with Crippen molar-refractivity contribution in [3.63, 3.8) is 0 Å². The monoisotopic (exact) mass is 323 g/mol. The van der Waals surface area contributed by atoms with E-state index >= 15 is 0 Å². The van der Waals surface area contributed by atoms with E-state index in [9.17, 15) is 0 Å². The fourth-order valence-electron chi connectivity index (χ4n) is 3.77. The molecule has 3 heterocycles. The van der Waals surface area contributed by atoms with Crippen LogP contribution in [0.5, 0.6) is 5.75 Å². The maximum absolute atomic E-state index is 6.39. The number of hydrogen-bond acceptors (Lipinski definition) is 4. The first-order valence-electron chi connectivity index (χ1n) is 8.18. The number of ether oxygens (including phenoxy) is 3. The van der Waals surface area contributed by atoms with E-state index in [2.05, 4.69) is 5.32 Å². The molecule has 4 rings (SSSR count). The van der Waals surface area contributed by atoms with Crippen LogP contribution in [0.4, 0.5) is 0 Å². The topological polar surface area (TPSA) is 39.7 Å². The molecule has 3 aliphatic heterocycles. The van der Waals surface area contributed by atoms with Crippen molar-refractivity contribution in [3.05, 3.63) is 28.8 Å². The van der Waals surface area contributed by atoms with Crippen LogP contribution in [0.3, 0.4) is 0 Å². The Morgan fingerprint density at radius 2 is 1.95 bits per heavy atom. The molecule has 0 saturated carbocycles. The van der Waals surface area contributed by atoms with E-state index in [1.807, 2.05) is 25.1 Å². The molecule has 0 spiro atoms. The third kappa shape index (κ3) is 3.11. The fourth-order valence-corrected chi connectivity index (χ4v) is 4.02. The molecular weight excluding hydrogens is 302 g/mol. The second kappa shape index (κ2) is 6.00. The molecule has 0 unspecified atom stereocenters. The van der Waals surface area contributed by atoms with Crippen molar-refractivity contribution in [2.24, 2.45) is 0 Å². The van der Waals surface area contributed by atoms with Gasteiger partial charge in [-0.2, -0.15) is 0 Å². The van der Waals surface area contributed by atoms with Gasteiger partial charge in [-0.1, -0.05) is 17.7 Å². The third-order valence-corrected chi connectivity index (χ3v) is 5.10. The zero-order valence-corrected chi connectivity index (χ0v) is 13.5. The Kier molecular flexibility index (Phi) is 4.03. The van der Waals surface area contributed by atoms with Crippen molar-refractivity contribution in [2.75, 3.05) is 0 Å². The highest BCUT2D eigenvalue weighted by atomic mass is 35.5. The van der Waals surface area contributed by atoms with E-state index in [4.69, 9.17) is 25.8 Å². The van der Waals surface area contributed by atoms with Crippen LogP contribution in [0.25, 0.3) is 0 Å². The summed E-state index contributed by atoms with van der Waals surface area (Å²) in [5, 5.41) is 4.30. The van der Waals surface area contributed by atoms with Crippen LogP contribution in [0.1, 0.15) is 38.2 Å². The van der Waals surface area contributed by atoms with Crippen LogP contribution in [-0.4, -0.2) is 30.8 Å². The summed E-state index contributed by atoms with van der Waals surface area (Å²) >= 11 is 6.39. The number of piperidine rings is 1. The molecule has 0 aliphatic carbocycles. The van der Waals surface area contributed by atoms with Gasteiger partial charge in [-0.05, 0) is 50.3 Å². The van der Waals surface area contributed by atoms with E-state index in [0.717, 1.165) is 30.6 Å². The van der Waals surface area contributed by atoms with E-state index in [1.165, 1.54) is 12.8 Å². The predicted molar refractivity (Wildman–Crippen MR) is 84.2 cm³/mol. The number of nitrogens with one attached hydrogen (secondary N) is 1. The lowest BCUT2D eigenvalue weighted by molar-refractivity contribution is -0.374. The molecule has 0 amide bonds. The molecule has 1 aromatic rings. The SMILES string of the molecule is CC1OC(Cc2ccc(O[C@H]3C[C@H]4CC[C@@H](C3)N4)c(Cl)c2)O1. The van der Waals surface area contributed by atoms with Gasteiger partial charge in [-0.15, -0.1) is 0 Å². The molecule has 3 aliphatic rings. The van der Waals surface area contributed by atoms with E-state index in [0.29, 0.717) is 17.1 Å². The van der Waals surface area contributed by atoms with Gasteiger partial charge in [-0.3, -0.25) is 0 Å². The molecule has 0 radical (unpaired) electrons. The zero-order chi connectivity index (χ0) is 15.1. The number of rotatable bonds is 4. The van der Waals surface area contributed by atoms with Gasteiger partial charge in [0.25, 0.3) is 0 Å². The smallest absolute Gasteiger partial charge is 0.167 e. The van der Waals surface area contributed by atoms with Gasteiger partial charge in [0, 0.05) is 18.5 Å². The van der Waals surface area contributed by atoms with Gasteiger partial charge in [0.2, 0.25) is 0 Å². The Labute approximate surface area is 136 Å². The van der Waals surface area contributed by atoms with Crippen LogP contribution in [0.2, 0.25) is 5.02 Å². The summed E-state index contributed by atoms with van der Waals surface area (Å²) in [7, 11) is 0. The molecule has 5 heteroatoms. The predicted octanol–water partition coefficient (Wildman–Crippen LogP) is 3.26. The van der Waals surface area contributed by atoms with Crippen molar-refractivity contribution >= 4 is 11.6 Å². The van der Waals surface area contributed by atoms with Crippen LogP contribution in [0.15, 0.2) is 18.2 Å². The summed E-state index contributed by atoms with van der Waals surface area (Å²) in [6.07, 6.45) is 5.49. The maximum atomic E-state index is 6.39. The Bertz CT molecular complexity index is 535. The first kappa shape index (κ1) is 14.8. The maximum Gasteiger partial charge on any atom is 0.167 e. The number of fused-ring (bicyclic) bond motifs is 2. The minimum absolute atomic E-state index is 0.0849. The Hall–Kier alpha value is -0.810. The molecule has 3 fully saturated rings.